The van der Waals surface area contributed by atoms with Crippen LogP contribution in [0.4, 0.5) is 0 Å². The first-order valence-corrected chi connectivity index (χ1v) is 9.14. The summed E-state index contributed by atoms with van der Waals surface area (Å²) in [6, 6.07) is 9.68. The van der Waals surface area contributed by atoms with Crippen molar-refractivity contribution in [2.75, 3.05) is 13.1 Å². The van der Waals surface area contributed by atoms with Crippen molar-refractivity contribution in [3.63, 3.8) is 0 Å². The average Bonchev–Trinajstić information content (AvgIpc) is 2.71. The fourth-order valence-corrected chi connectivity index (χ4v) is 3.67. The second kappa shape index (κ2) is 7.13. The van der Waals surface area contributed by atoms with Crippen LogP contribution in [0.2, 0.25) is 0 Å². The molecule has 1 fully saturated rings. The largest absolute Gasteiger partial charge is 0.504 e. The molecule has 0 spiro atoms. The van der Waals surface area contributed by atoms with Crippen molar-refractivity contribution in [3.05, 3.63) is 53.1 Å². The van der Waals surface area contributed by atoms with Crippen molar-refractivity contribution in [3.8, 4) is 23.0 Å². The van der Waals surface area contributed by atoms with Gasteiger partial charge in [0.15, 0.2) is 11.5 Å². The van der Waals surface area contributed by atoms with Gasteiger partial charge in [-0.3, -0.25) is 4.90 Å². The number of ether oxygens (including phenoxy) is 1. The number of aliphatic hydroxyl groups is 1. The summed E-state index contributed by atoms with van der Waals surface area (Å²) in [7, 11) is 0. The molecule has 0 radical (unpaired) electrons. The van der Waals surface area contributed by atoms with Crippen molar-refractivity contribution < 1.29 is 25.2 Å². The van der Waals surface area contributed by atoms with Gasteiger partial charge in [-0.25, -0.2) is 0 Å². The van der Waals surface area contributed by atoms with Crippen molar-refractivity contribution in [2.24, 2.45) is 0 Å². The Balaban J connectivity index is 1.70. The fraction of sp³-hybridized carbons (Fsp3) is 0.333. The molecule has 2 heterocycles. The summed E-state index contributed by atoms with van der Waals surface area (Å²) in [4.78, 5) is 2.09. The van der Waals surface area contributed by atoms with Gasteiger partial charge in [0.1, 0.15) is 11.9 Å². The molecule has 0 aromatic heterocycles. The molecule has 2 aliphatic rings. The van der Waals surface area contributed by atoms with Gasteiger partial charge in [0.25, 0.3) is 0 Å². The zero-order valence-corrected chi connectivity index (χ0v) is 14.9. The number of hydrogen-bond acceptors (Lipinski definition) is 6. The Kier molecular flexibility index (Phi) is 4.68. The third kappa shape index (κ3) is 3.34. The highest BCUT2D eigenvalue weighted by Gasteiger charge is 2.30. The number of fused-ring (bicyclic) bond motifs is 1. The van der Waals surface area contributed by atoms with E-state index in [2.05, 4.69) is 4.90 Å². The summed E-state index contributed by atoms with van der Waals surface area (Å²) in [5, 5.41) is 40.6. The minimum absolute atomic E-state index is 0.293. The third-order valence-corrected chi connectivity index (χ3v) is 5.26. The van der Waals surface area contributed by atoms with E-state index in [9.17, 15) is 20.4 Å². The van der Waals surface area contributed by atoms with Crippen LogP contribution >= 0.6 is 0 Å². The van der Waals surface area contributed by atoms with Crippen LogP contribution in [-0.2, 0) is 6.54 Å². The van der Waals surface area contributed by atoms with Crippen LogP contribution in [0.3, 0.4) is 0 Å². The number of benzene rings is 2. The third-order valence-electron chi connectivity index (χ3n) is 5.26. The van der Waals surface area contributed by atoms with Crippen LogP contribution in [0.5, 0.6) is 23.0 Å². The van der Waals surface area contributed by atoms with Crippen molar-refractivity contribution in [1.29, 1.82) is 0 Å². The molecule has 0 aliphatic carbocycles. The van der Waals surface area contributed by atoms with Gasteiger partial charge in [-0.15, -0.1) is 0 Å². The maximum absolute atomic E-state index is 10.5. The molecule has 2 aliphatic heterocycles. The Hall–Kier alpha value is -2.70. The Morgan fingerprint density at radius 1 is 0.963 bits per heavy atom. The Bertz CT molecular complexity index is 857. The monoisotopic (exact) mass is 369 g/mol. The quantitative estimate of drug-likeness (QED) is 0.622. The van der Waals surface area contributed by atoms with Gasteiger partial charge in [-0.1, -0.05) is 30.3 Å². The molecular formula is C21H23NO5. The van der Waals surface area contributed by atoms with Gasteiger partial charge in [0.05, 0.1) is 17.2 Å². The second-order valence-corrected chi connectivity index (χ2v) is 7.08. The standard InChI is InChI=1S/C21H23NO5/c23-14-8-10-22(11-9-14)12-16-19(25)20(26)18(24)15-6-7-17(27-21(15)16)13-4-2-1-3-5-13/h1-7,14,17,23-26H,8-12H2. The second-order valence-electron chi connectivity index (χ2n) is 7.08. The predicted molar refractivity (Wildman–Crippen MR) is 101 cm³/mol. The summed E-state index contributed by atoms with van der Waals surface area (Å²) in [6.07, 6.45) is 4.23. The summed E-state index contributed by atoms with van der Waals surface area (Å²) >= 11 is 0. The molecule has 1 unspecified atom stereocenters. The number of hydrogen-bond donors (Lipinski definition) is 4. The van der Waals surface area contributed by atoms with Gasteiger partial charge < -0.3 is 25.2 Å². The molecule has 2 aromatic rings. The van der Waals surface area contributed by atoms with E-state index in [0.29, 0.717) is 49.4 Å². The van der Waals surface area contributed by atoms with E-state index < -0.39 is 5.75 Å². The topological polar surface area (TPSA) is 93.4 Å². The number of aliphatic hydroxyl groups excluding tert-OH is 1. The molecule has 4 N–H and O–H groups in total. The lowest BCUT2D eigenvalue weighted by atomic mass is 9.98. The summed E-state index contributed by atoms with van der Waals surface area (Å²) in [6.45, 7) is 1.74. The van der Waals surface area contributed by atoms with Crippen LogP contribution in [0.1, 0.15) is 35.6 Å². The maximum atomic E-state index is 10.5. The van der Waals surface area contributed by atoms with Crippen molar-refractivity contribution in [2.45, 2.75) is 31.6 Å². The lowest BCUT2D eigenvalue weighted by Crippen LogP contribution is -2.35. The molecular weight excluding hydrogens is 346 g/mol. The van der Waals surface area contributed by atoms with Crippen LogP contribution in [0.25, 0.3) is 6.08 Å². The van der Waals surface area contributed by atoms with E-state index in [4.69, 9.17) is 4.74 Å². The summed E-state index contributed by atoms with van der Waals surface area (Å²) < 4.78 is 6.13. The van der Waals surface area contributed by atoms with E-state index in [1.54, 1.807) is 6.08 Å². The number of likely N-dealkylation sites (tertiary alicyclic amines) is 1. The van der Waals surface area contributed by atoms with E-state index in [0.717, 1.165) is 5.56 Å². The molecule has 4 rings (SSSR count). The molecule has 0 saturated carbocycles. The normalized spacial score (nSPS) is 20.3. The molecule has 1 atom stereocenters. The number of nitrogens with zero attached hydrogens (tertiary/aromatic N) is 1. The first-order chi connectivity index (χ1) is 13.0. The average molecular weight is 369 g/mol. The lowest BCUT2D eigenvalue weighted by Gasteiger charge is -2.32. The van der Waals surface area contributed by atoms with Crippen LogP contribution in [0, 0.1) is 0 Å². The Labute approximate surface area is 157 Å². The number of piperidine rings is 1. The van der Waals surface area contributed by atoms with Gasteiger partial charge in [-0.05, 0) is 30.6 Å². The van der Waals surface area contributed by atoms with Gasteiger partial charge in [-0.2, -0.15) is 0 Å². The SMILES string of the molecule is Oc1c(O)c2c(c(CN3CCC(O)CC3)c1O)OC(c1ccccc1)C=C2. The number of rotatable bonds is 3. The van der Waals surface area contributed by atoms with Crippen LogP contribution < -0.4 is 4.74 Å². The molecule has 142 valence electrons. The zero-order valence-electron chi connectivity index (χ0n) is 14.9. The fourth-order valence-electron chi connectivity index (χ4n) is 3.67. The smallest absolute Gasteiger partial charge is 0.201 e. The lowest BCUT2D eigenvalue weighted by molar-refractivity contribution is 0.0781. The molecule has 2 aromatic carbocycles. The van der Waals surface area contributed by atoms with E-state index in [1.807, 2.05) is 36.4 Å². The Morgan fingerprint density at radius 3 is 2.37 bits per heavy atom. The molecule has 0 amide bonds. The summed E-state index contributed by atoms with van der Waals surface area (Å²) in [5.41, 5.74) is 1.77. The zero-order chi connectivity index (χ0) is 19.0. The van der Waals surface area contributed by atoms with Crippen LogP contribution in [-0.4, -0.2) is 44.5 Å². The highest BCUT2D eigenvalue weighted by Crippen LogP contribution is 2.51. The molecule has 6 heteroatoms. The minimum atomic E-state index is -0.535. The van der Waals surface area contributed by atoms with E-state index in [1.165, 1.54) is 0 Å². The van der Waals surface area contributed by atoms with Gasteiger partial charge >= 0.3 is 0 Å². The maximum Gasteiger partial charge on any atom is 0.201 e. The van der Waals surface area contributed by atoms with Crippen LogP contribution in [0.15, 0.2) is 36.4 Å². The first-order valence-electron chi connectivity index (χ1n) is 9.14. The van der Waals surface area contributed by atoms with Crippen molar-refractivity contribution in [1.82, 2.24) is 4.90 Å². The minimum Gasteiger partial charge on any atom is -0.504 e. The highest BCUT2D eigenvalue weighted by atomic mass is 16.5. The number of phenolic OH excluding ortho intramolecular Hbond substituents is 3. The predicted octanol–water partition coefficient (Wildman–Crippen LogP) is 2.91. The van der Waals surface area contributed by atoms with E-state index >= 15 is 0 Å². The summed E-state index contributed by atoms with van der Waals surface area (Å²) in [5.74, 6) is -0.903. The number of aromatic hydroxyl groups is 3. The molecule has 6 nitrogen and oxygen atoms in total. The highest BCUT2D eigenvalue weighted by molar-refractivity contribution is 5.76. The molecule has 1 saturated heterocycles. The van der Waals surface area contributed by atoms with Gasteiger partial charge in [0.2, 0.25) is 5.75 Å². The first kappa shape index (κ1) is 17.7. The van der Waals surface area contributed by atoms with E-state index in [-0.39, 0.29) is 23.7 Å². The van der Waals surface area contributed by atoms with Crippen molar-refractivity contribution >= 4 is 6.08 Å². The molecule has 0 bridgehead atoms. The molecule has 27 heavy (non-hydrogen) atoms. The van der Waals surface area contributed by atoms with Gasteiger partial charge in [0, 0.05) is 19.6 Å². The number of phenols is 3. The Morgan fingerprint density at radius 2 is 1.67 bits per heavy atom.